The standard InChI is InChI=1S/C29H45N3O7Si/c1-29(2,3)39-28(36)30-22-8-7-9-24(22)38-20-10-11-21-19(16-20)17-31(26(21)34)23-12-13-25(33)32(27(23)35)18-37-14-15-40(4,5)6/h10-11,16,22-24,26,34H,7-9,12-15,17-18H2,1-6H3,(H,30,36)/t22-,23?,24-,26?/m0/s1. The highest BCUT2D eigenvalue weighted by Gasteiger charge is 2.43. The van der Waals surface area contributed by atoms with Gasteiger partial charge in [0.15, 0.2) is 0 Å². The zero-order valence-electron chi connectivity index (χ0n) is 24.7. The lowest BCUT2D eigenvalue weighted by molar-refractivity contribution is -0.163. The maximum absolute atomic E-state index is 13.3. The molecule has 1 saturated carbocycles. The number of nitrogens with one attached hydrogen (secondary N) is 1. The summed E-state index contributed by atoms with van der Waals surface area (Å²) in [6, 6.07) is 5.74. The van der Waals surface area contributed by atoms with Crippen molar-refractivity contribution in [1.29, 1.82) is 0 Å². The zero-order valence-corrected chi connectivity index (χ0v) is 25.7. The van der Waals surface area contributed by atoms with Crippen LogP contribution >= 0.6 is 0 Å². The highest BCUT2D eigenvalue weighted by Crippen LogP contribution is 2.38. The van der Waals surface area contributed by atoms with E-state index in [-0.39, 0.29) is 37.1 Å². The highest BCUT2D eigenvalue weighted by atomic mass is 28.3. The fourth-order valence-electron chi connectivity index (χ4n) is 5.45. The van der Waals surface area contributed by atoms with Crippen molar-refractivity contribution in [2.75, 3.05) is 13.3 Å². The van der Waals surface area contributed by atoms with Crippen molar-refractivity contribution < 1.29 is 33.7 Å². The van der Waals surface area contributed by atoms with Crippen molar-refractivity contribution in [2.24, 2.45) is 0 Å². The molecule has 2 fully saturated rings. The predicted molar refractivity (Wildman–Crippen MR) is 152 cm³/mol. The molecule has 3 aliphatic rings. The predicted octanol–water partition coefficient (Wildman–Crippen LogP) is 4.15. The Morgan fingerprint density at radius 3 is 2.60 bits per heavy atom. The molecule has 1 aliphatic carbocycles. The van der Waals surface area contributed by atoms with Gasteiger partial charge in [-0.25, -0.2) is 4.79 Å². The second kappa shape index (κ2) is 12.2. The van der Waals surface area contributed by atoms with Crippen molar-refractivity contribution >= 4 is 26.0 Å². The summed E-state index contributed by atoms with van der Waals surface area (Å²) in [4.78, 5) is 41.1. The van der Waals surface area contributed by atoms with E-state index in [2.05, 4.69) is 25.0 Å². The Hall–Kier alpha value is -2.47. The van der Waals surface area contributed by atoms with Gasteiger partial charge in [-0.3, -0.25) is 19.4 Å². The number of rotatable bonds is 9. The Labute approximate surface area is 238 Å². The smallest absolute Gasteiger partial charge is 0.408 e. The molecule has 1 aromatic carbocycles. The van der Waals surface area contributed by atoms with Crippen LogP contribution in [0.3, 0.4) is 0 Å². The Kier molecular flexibility index (Phi) is 9.28. The first kappa shape index (κ1) is 30.5. The lowest BCUT2D eigenvalue weighted by Crippen LogP contribution is -2.54. The summed E-state index contributed by atoms with van der Waals surface area (Å²) in [5.41, 5.74) is 1.03. The van der Waals surface area contributed by atoms with Gasteiger partial charge in [0.05, 0.1) is 12.1 Å². The van der Waals surface area contributed by atoms with Crippen molar-refractivity contribution in [3.8, 4) is 5.75 Å². The number of aliphatic hydroxyl groups is 1. The number of amides is 3. The molecule has 0 radical (unpaired) electrons. The quantitative estimate of drug-likeness (QED) is 0.256. The van der Waals surface area contributed by atoms with E-state index in [0.29, 0.717) is 25.3 Å². The molecule has 4 rings (SSSR count). The average Bonchev–Trinajstić information content (AvgIpc) is 3.40. The van der Waals surface area contributed by atoms with Gasteiger partial charge in [-0.05, 0) is 70.2 Å². The topological polar surface area (TPSA) is 118 Å². The number of carbonyl (C=O) groups is 3. The van der Waals surface area contributed by atoms with Crippen molar-refractivity contribution in [3.63, 3.8) is 0 Å². The Bertz CT molecular complexity index is 1100. The summed E-state index contributed by atoms with van der Waals surface area (Å²) in [6.07, 6.45) is 1.56. The van der Waals surface area contributed by atoms with Crippen molar-refractivity contribution in [1.82, 2.24) is 15.1 Å². The molecule has 222 valence electrons. The Morgan fingerprint density at radius 1 is 1.15 bits per heavy atom. The minimum absolute atomic E-state index is 0.0482. The third kappa shape index (κ3) is 7.63. The number of nitrogens with zero attached hydrogens (tertiary/aromatic N) is 2. The van der Waals surface area contributed by atoms with E-state index in [4.69, 9.17) is 14.2 Å². The number of benzene rings is 1. The number of carbonyl (C=O) groups excluding carboxylic acids is 3. The Morgan fingerprint density at radius 2 is 1.90 bits per heavy atom. The van der Waals surface area contributed by atoms with Gasteiger partial charge in [0, 0.05) is 33.2 Å². The van der Waals surface area contributed by atoms with Gasteiger partial charge < -0.3 is 24.6 Å². The fraction of sp³-hybridized carbons (Fsp3) is 0.690. The molecule has 1 saturated heterocycles. The van der Waals surface area contributed by atoms with Crippen LogP contribution in [0.15, 0.2) is 18.2 Å². The molecule has 10 nitrogen and oxygen atoms in total. The molecule has 2 heterocycles. The van der Waals surface area contributed by atoms with Crippen LogP contribution in [0.25, 0.3) is 0 Å². The molecule has 2 N–H and O–H groups in total. The van der Waals surface area contributed by atoms with Crippen molar-refractivity contribution in [2.45, 2.75) is 115 Å². The monoisotopic (exact) mass is 575 g/mol. The van der Waals surface area contributed by atoms with Crippen LogP contribution in [0.4, 0.5) is 4.79 Å². The maximum atomic E-state index is 13.3. The van der Waals surface area contributed by atoms with Gasteiger partial charge in [0.2, 0.25) is 11.8 Å². The van der Waals surface area contributed by atoms with E-state index in [9.17, 15) is 19.5 Å². The second-order valence-corrected chi connectivity index (χ2v) is 18.9. The first-order chi connectivity index (χ1) is 18.7. The summed E-state index contributed by atoms with van der Waals surface area (Å²) in [6.45, 7) is 13.1. The van der Waals surface area contributed by atoms with Gasteiger partial charge in [0.1, 0.15) is 30.4 Å². The minimum atomic E-state index is -1.28. The van der Waals surface area contributed by atoms with E-state index in [1.54, 1.807) is 4.90 Å². The number of ether oxygens (including phenoxy) is 3. The van der Waals surface area contributed by atoms with Crippen LogP contribution in [0.1, 0.15) is 70.2 Å². The minimum Gasteiger partial charge on any atom is -0.488 e. The first-order valence-corrected chi connectivity index (χ1v) is 18.1. The van der Waals surface area contributed by atoms with E-state index in [0.717, 1.165) is 36.4 Å². The molecule has 11 heteroatoms. The van der Waals surface area contributed by atoms with Crippen LogP contribution in [-0.2, 0) is 25.6 Å². The van der Waals surface area contributed by atoms with Gasteiger partial charge in [-0.2, -0.15) is 0 Å². The van der Waals surface area contributed by atoms with Gasteiger partial charge >= 0.3 is 6.09 Å². The molecule has 2 unspecified atom stereocenters. The summed E-state index contributed by atoms with van der Waals surface area (Å²) in [7, 11) is -1.28. The van der Waals surface area contributed by atoms with E-state index in [1.807, 2.05) is 39.0 Å². The van der Waals surface area contributed by atoms with Crippen LogP contribution in [0.5, 0.6) is 5.75 Å². The molecule has 0 bridgehead atoms. The number of alkyl carbamates (subject to hydrolysis) is 1. The molecule has 40 heavy (non-hydrogen) atoms. The SMILES string of the molecule is CC(C)(C)OC(=O)N[C@H]1CCC[C@@H]1Oc1ccc2c(c1)CN(C1CCC(=O)N(COCC[Si](C)(C)C)C1=O)C2O. The molecule has 3 amide bonds. The number of aliphatic hydroxyl groups excluding tert-OH is 1. The molecular formula is C29H45N3O7Si. The van der Waals surface area contributed by atoms with Crippen LogP contribution in [-0.4, -0.2) is 78.0 Å². The van der Waals surface area contributed by atoms with Crippen molar-refractivity contribution in [3.05, 3.63) is 29.3 Å². The summed E-state index contributed by atoms with van der Waals surface area (Å²) >= 11 is 0. The molecule has 0 aromatic heterocycles. The third-order valence-corrected chi connectivity index (χ3v) is 9.31. The van der Waals surface area contributed by atoms with Gasteiger partial charge in [0.25, 0.3) is 0 Å². The Balaban J connectivity index is 1.37. The lowest BCUT2D eigenvalue weighted by atomic mass is 10.0. The zero-order chi connectivity index (χ0) is 29.2. The number of piperidine rings is 1. The van der Waals surface area contributed by atoms with Crippen LogP contribution in [0, 0.1) is 0 Å². The second-order valence-electron chi connectivity index (χ2n) is 13.3. The van der Waals surface area contributed by atoms with E-state index in [1.165, 1.54) is 4.90 Å². The van der Waals surface area contributed by atoms with E-state index < -0.39 is 32.0 Å². The third-order valence-electron chi connectivity index (χ3n) is 7.60. The fourth-order valence-corrected chi connectivity index (χ4v) is 6.21. The first-order valence-electron chi connectivity index (χ1n) is 14.4. The number of hydrogen-bond acceptors (Lipinski definition) is 8. The molecule has 4 atom stereocenters. The summed E-state index contributed by atoms with van der Waals surface area (Å²) in [5, 5.41) is 14.1. The number of fused-ring (bicyclic) bond motifs is 1. The summed E-state index contributed by atoms with van der Waals surface area (Å²) < 4.78 is 17.4. The number of imide groups is 1. The highest BCUT2D eigenvalue weighted by molar-refractivity contribution is 6.76. The lowest BCUT2D eigenvalue weighted by Gasteiger charge is -2.36. The molecule has 0 spiro atoms. The van der Waals surface area contributed by atoms with E-state index >= 15 is 0 Å². The number of likely N-dealkylation sites (tertiary alicyclic amines) is 1. The van der Waals surface area contributed by atoms with Gasteiger partial charge in [-0.1, -0.05) is 25.7 Å². The molecular weight excluding hydrogens is 530 g/mol. The summed E-state index contributed by atoms with van der Waals surface area (Å²) in [5.74, 6) is 0.0927. The largest absolute Gasteiger partial charge is 0.488 e. The maximum Gasteiger partial charge on any atom is 0.408 e. The normalized spacial score (nSPS) is 25.7. The van der Waals surface area contributed by atoms with Crippen LogP contribution in [0.2, 0.25) is 25.7 Å². The van der Waals surface area contributed by atoms with Gasteiger partial charge in [-0.15, -0.1) is 0 Å². The average molecular weight is 576 g/mol. The number of hydrogen-bond donors (Lipinski definition) is 2. The van der Waals surface area contributed by atoms with Crippen LogP contribution < -0.4 is 10.1 Å². The molecule has 2 aliphatic heterocycles. The molecule has 1 aromatic rings.